The van der Waals surface area contributed by atoms with E-state index in [0.717, 1.165) is 40.2 Å². The van der Waals surface area contributed by atoms with Gasteiger partial charge >= 0.3 is 0 Å². The van der Waals surface area contributed by atoms with Crippen molar-refractivity contribution in [2.45, 2.75) is 26.3 Å². The van der Waals surface area contributed by atoms with Crippen LogP contribution in [0.3, 0.4) is 0 Å². The molecule has 4 aromatic heterocycles. The fraction of sp³-hybridized carbons (Fsp3) is 0.263. The third kappa shape index (κ3) is 3.46. The molecule has 0 bridgehead atoms. The second-order valence-electron chi connectivity index (χ2n) is 6.49. The van der Waals surface area contributed by atoms with E-state index in [0.29, 0.717) is 5.82 Å². The first-order valence-corrected chi connectivity index (χ1v) is 8.75. The zero-order chi connectivity index (χ0) is 18.8. The summed E-state index contributed by atoms with van der Waals surface area (Å²) in [4.78, 5) is 22.1. The topological polar surface area (TPSA) is 94.3 Å². The molecule has 0 unspecified atom stereocenters. The number of nitrogens with zero attached hydrogens (tertiary/aromatic N) is 7. The van der Waals surface area contributed by atoms with Gasteiger partial charge in [-0.1, -0.05) is 0 Å². The fourth-order valence-corrected chi connectivity index (χ4v) is 3.11. The van der Waals surface area contributed by atoms with Crippen molar-refractivity contribution in [1.82, 2.24) is 34.7 Å². The highest BCUT2D eigenvalue weighted by Crippen LogP contribution is 2.27. The first kappa shape index (κ1) is 17.0. The smallest absolute Gasteiger partial charge is 0.164 e. The van der Waals surface area contributed by atoms with Gasteiger partial charge in [0.2, 0.25) is 0 Å². The maximum atomic E-state index is 4.79. The molecule has 136 valence electrons. The predicted octanol–water partition coefficient (Wildman–Crippen LogP) is 2.57. The lowest BCUT2D eigenvalue weighted by atomic mass is 10.1. The van der Waals surface area contributed by atoms with Crippen molar-refractivity contribution in [3.63, 3.8) is 0 Å². The van der Waals surface area contributed by atoms with Gasteiger partial charge in [0.25, 0.3) is 0 Å². The molecule has 0 saturated carbocycles. The fourth-order valence-electron chi connectivity index (χ4n) is 3.11. The lowest BCUT2D eigenvalue weighted by Gasteiger charge is -2.15. The van der Waals surface area contributed by atoms with Crippen LogP contribution in [0.4, 0.5) is 5.82 Å². The van der Waals surface area contributed by atoms with Crippen molar-refractivity contribution in [2.24, 2.45) is 7.05 Å². The lowest BCUT2D eigenvalue weighted by molar-refractivity contribution is 0.761. The Morgan fingerprint density at radius 2 is 1.89 bits per heavy atom. The van der Waals surface area contributed by atoms with Crippen molar-refractivity contribution in [2.75, 3.05) is 5.32 Å². The van der Waals surface area contributed by atoms with Gasteiger partial charge in [0.05, 0.1) is 16.8 Å². The molecule has 0 aliphatic carbocycles. The number of fused-ring (bicyclic) bond motifs is 1. The Morgan fingerprint density at radius 1 is 1.07 bits per heavy atom. The van der Waals surface area contributed by atoms with Gasteiger partial charge in [0.1, 0.15) is 5.82 Å². The minimum atomic E-state index is 0.115. The Morgan fingerprint density at radius 3 is 2.63 bits per heavy atom. The quantitative estimate of drug-likeness (QED) is 0.584. The summed E-state index contributed by atoms with van der Waals surface area (Å²) in [6.07, 6.45) is 9.38. The van der Waals surface area contributed by atoms with Gasteiger partial charge in [0, 0.05) is 56.1 Å². The number of aryl methyl sites for hydroxylation is 2. The summed E-state index contributed by atoms with van der Waals surface area (Å²) in [6.45, 7) is 4.07. The molecule has 1 N–H and O–H groups in total. The maximum absolute atomic E-state index is 4.79. The molecule has 4 heterocycles. The average molecular weight is 360 g/mol. The number of hydrogen-bond donors (Lipinski definition) is 1. The Balaban J connectivity index is 1.74. The van der Waals surface area contributed by atoms with Crippen LogP contribution in [0.5, 0.6) is 0 Å². The van der Waals surface area contributed by atoms with Crippen LogP contribution in [-0.2, 0) is 13.5 Å². The van der Waals surface area contributed by atoms with Gasteiger partial charge < -0.3 is 5.32 Å². The van der Waals surface area contributed by atoms with E-state index in [9.17, 15) is 0 Å². The molecular weight excluding hydrogens is 340 g/mol. The average Bonchev–Trinajstić information content (AvgIpc) is 2.97. The molecule has 0 saturated heterocycles. The molecule has 8 nitrogen and oxygen atoms in total. The third-order valence-corrected chi connectivity index (χ3v) is 4.31. The number of hydrogen-bond acceptors (Lipinski definition) is 7. The molecule has 0 aliphatic rings. The summed E-state index contributed by atoms with van der Waals surface area (Å²) in [7, 11) is 1.89. The summed E-state index contributed by atoms with van der Waals surface area (Å²) < 4.78 is 1.79. The van der Waals surface area contributed by atoms with Crippen LogP contribution < -0.4 is 5.32 Å². The molecule has 0 aliphatic heterocycles. The highest BCUT2D eigenvalue weighted by molar-refractivity contribution is 5.91. The van der Waals surface area contributed by atoms with E-state index >= 15 is 0 Å². The molecule has 4 aromatic rings. The number of anilines is 1. The molecular formula is C19H20N8. The second-order valence-corrected chi connectivity index (χ2v) is 6.49. The minimum Gasteiger partial charge on any atom is -0.366 e. The largest absolute Gasteiger partial charge is 0.366 e. The highest BCUT2D eigenvalue weighted by Gasteiger charge is 2.17. The lowest BCUT2D eigenvalue weighted by Crippen LogP contribution is -2.20. The van der Waals surface area contributed by atoms with E-state index in [1.807, 2.05) is 26.1 Å². The first-order valence-electron chi connectivity index (χ1n) is 8.75. The van der Waals surface area contributed by atoms with Crippen LogP contribution in [0, 0.1) is 6.92 Å². The van der Waals surface area contributed by atoms with E-state index < -0.39 is 0 Å². The summed E-state index contributed by atoms with van der Waals surface area (Å²) in [6, 6.07) is 3.92. The summed E-state index contributed by atoms with van der Waals surface area (Å²) in [5.74, 6) is 1.41. The summed E-state index contributed by atoms with van der Waals surface area (Å²) >= 11 is 0. The van der Waals surface area contributed by atoms with Gasteiger partial charge in [-0.2, -0.15) is 5.10 Å². The molecule has 1 atom stereocenters. The molecule has 0 aromatic carbocycles. The van der Waals surface area contributed by atoms with E-state index in [4.69, 9.17) is 9.97 Å². The number of nitrogens with one attached hydrogen (secondary N) is 1. The Kier molecular flexibility index (Phi) is 4.45. The van der Waals surface area contributed by atoms with E-state index in [-0.39, 0.29) is 6.04 Å². The number of rotatable bonds is 5. The van der Waals surface area contributed by atoms with Crippen molar-refractivity contribution >= 4 is 16.9 Å². The molecule has 8 heteroatoms. The standard InChI is InChI=1S/C19H20N8/c1-12(10-15-11-21-8-9-22-15)23-18-16-13(2)26-27(3)19(16)25-17(24-18)14-4-6-20-7-5-14/h4-9,11-12H,10H2,1-3H3,(H,23,24,25)/t12-/m0/s1. The monoisotopic (exact) mass is 360 g/mol. The Bertz CT molecular complexity index is 1060. The summed E-state index contributed by atoms with van der Waals surface area (Å²) in [5.41, 5.74) is 3.53. The molecule has 4 rings (SSSR count). The molecule has 0 amide bonds. The molecule has 0 spiro atoms. The van der Waals surface area contributed by atoms with Gasteiger partial charge in [-0.15, -0.1) is 0 Å². The van der Waals surface area contributed by atoms with Gasteiger partial charge in [-0.25, -0.2) is 9.97 Å². The van der Waals surface area contributed by atoms with Crippen LogP contribution in [-0.4, -0.2) is 40.7 Å². The van der Waals surface area contributed by atoms with Crippen LogP contribution in [0.1, 0.15) is 18.3 Å². The van der Waals surface area contributed by atoms with Gasteiger partial charge in [-0.05, 0) is 26.0 Å². The zero-order valence-electron chi connectivity index (χ0n) is 15.5. The zero-order valence-corrected chi connectivity index (χ0v) is 15.5. The van der Waals surface area contributed by atoms with Crippen LogP contribution in [0.2, 0.25) is 0 Å². The maximum Gasteiger partial charge on any atom is 0.164 e. The second kappa shape index (κ2) is 7.06. The van der Waals surface area contributed by atoms with Crippen molar-refractivity contribution < 1.29 is 0 Å². The van der Waals surface area contributed by atoms with Gasteiger partial charge in [0.15, 0.2) is 11.5 Å². The number of aromatic nitrogens is 7. The Labute approximate surface area is 156 Å². The van der Waals surface area contributed by atoms with Crippen LogP contribution in [0.15, 0.2) is 43.1 Å². The van der Waals surface area contributed by atoms with E-state index in [2.05, 4.69) is 32.3 Å². The minimum absolute atomic E-state index is 0.115. The molecule has 0 radical (unpaired) electrons. The van der Waals surface area contributed by atoms with E-state index in [1.165, 1.54) is 0 Å². The van der Waals surface area contributed by atoms with Crippen LogP contribution in [0.25, 0.3) is 22.4 Å². The number of pyridine rings is 1. The molecule has 27 heavy (non-hydrogen) atoms. The summed E-state index contributed by atoms with van der Waals surface area (Å²) in [5, 5.41) is 8.96. The third-order valence-electron chi connectivity index (χ3n) is 4.31. The predicted molar refractivity (Wildman–Crippen MR) is 103 cm³/mol. The first-order chi connectivity index (χ1) is 13.1. The van der Waals surface area contributed by atoms with Crippen molar-refractivity contribution in [3.8, 4) is 11.4 Å². The van der Waals surface area contributed by atoms with Gasteiger partial charge in [-0.3, -0.25) is 19.6 Å². The normalized spacial score (nSPS) is 12.3. The van der Waals surface area contributed by atoms with Crippen LogP contribution >= 0.6 is 0 Å². The highest BCUT2D eigenvalue weighted by atomic mass is 15.3. The Hall–Kier alpha value is -3.42. The SMILES string of the molecule is Cc1nn(C)c2nc(-c3ccncc3)nc(N[C@@H](C)Cc3cnccn3)c12. The van der Waals surface area contributed by atoms with Crippen molar-refractivity contribution in [3.05, 3.63) is 54.5 Å². The van der Waals surface area contributed by atoms with E-state index in [1.54, 1.807) is 35.7 Å². The molecule has 0 fully saturated rings. The van der Waals surface area contributed by atoms with Crippen molar-refractivity contribution in [1.29, 1.82) is 0 Å².